The van der Waals surface area contributed by atoms with Gasteiger partial charge in [-0.3, -0.25) is 9.89 Å². The van der Waals surface area contributed by atoms with Crippen LogP contribution in [0, 0.1) is 5.92 Å². The second kappa shape index (κ2) is 6.49. The number of carbonyl (C=O) groups excluding carboxylic acids is 1. The number of thioether (sulfide) groups is 1. The molecule has 0 bridgehead atoms. The van der Waals surface area contributed by atoms with Crippen LogP contribution in [0.5, 0.6) is 0 Å². The molecule has 3 rings (SSSR count). The zero-order valence-corrected chi connectivity index (χ0v) is 12.9. The summed E-state index contributed by atoms with van der Waals surface area (Å²) in [6.45, 7) is 0.795. The van der Waals surface area contributed by atoms with Gasteiger partial charge in [-0.15, -0.1) is 5.10 Å². The van der Waals surface area contributed by atoms with Gasteiger partial charge in [-0.2, -0.15) is 0 Å². The van der Waals surface area contributed by atoms with E-state index in [9.17, 15) is 4.79 Å². The highest BCUT2D eigenvalue weighted by atomic mass is 35.5. The van der Waals surface area contributed by atoms with Crippen LogP contribution in [0.15, 0.2) is 29.4 Å². The van der Waals surface area contributed by atoms with Gasteiger partial charge < -0.3 is 5.32 Å². The Balaban J connectivity index is 1.52. The monoisotopic (exact) mass is 322 g/mol. The van der Waals surface area contributed by atoms with E-state index in [0.29, 0.717) is 27.7 Å². The highest BCUT2D eigenvalue weighted by molar-refractivity contribution is 7.99. The van der Waals surface area contributed by atoms with Gasteiger partial charge in [0.05, 0.1) is 5.75 Å². The van der Waals surface area contributed by atoms with Crippen LogP contribution in [0.25, 0.3) is 11.4 Å². The average Bonchev–Trinajstić information content (AvgIpc) is 3.20. The van der Waals surface area contributed by atoms with Gasteiger partial charge in [0.25, 0.3) is 0 Å². The topological polar surface area (TPSA) is 70.7 Å². The van der Waals surface area contributed by atoms with Crippen molar-refractivity contribution in [1.82, 2.24) is 20.5 Å². The molecule has 110 valence electrons. The van der Waals surface area contributed by atoms with Crippen LogP contribution in [-0.2, 0) is 4.79 Å². The highest BCUT2D eigenvalue weighted by Gasteiger charge is 2.21. The number of H-pyrrole nitrogens is 1. The molecule has 1 aliphatic rings. The Morgan fingerprint density at radius 2 is 2.14 bits per heavy atom. The van der Waals surface area contributed by atoms with E-state index < -0.39 is 0 Å². The van der Waals surface area contributed by atoms with Gasteiger partial charge in [0.15, 0.2) is 5.82 Å². The average molecular weight is 323 g/mol. The van der Waals surface area contributed by atoms with Gasteiger partial charge >= 0.3 is 0 Å². The quantitative estimate of drug-likeness (QED) is 0.802. The molecule has 0 unspecified atom stereocenters. The molecule has 5 nitrogen and oxygen atoms in total. The fourth-order valence-electron chi connectivity index (χ4n) is 1.81. The van der Waals surface area contributed by atoms with E-state index in [4.69, 9.17) is 11.6 Å². The molecule has 0 aliphatic heterocycles. The van der Waals surface area contributed by atoms with E-state index in [0.717, 1.165) is 12.1 Å². The van der Waals surface area contributed by atoms with Crippen LogP contribution in [0.2, 0.25) is 5.02 Å². The third kappa shape index (κ3) is 4.22. The second-order valence-electron chi connectivity index (χ2n) is 5.01. The summed E-state index contributed by atoms with van der Waals surface area (Å²) in [7, 11) is 0. The molecule has 1 fully saturated rings. The number of hydrogen-bond acceptors (Lipinski definition) is 4. The van der Waals surface area contributed by atoms with Crippen molar-refractivity contribution in [2.45, 2.75) is 18.0 Å². The zero-order chi connectivity index (χ0) is 14.7. The number of halogens is 1. The number of aromatic nitrogens is 3. The third-order valence-corrected chi connectivity index (χ3v) is 4.30. The maximum atomic E-state index is 11.7. The molecule has 1 aromatic carbocycles. The molecule has 0 atom stereocenters. The van der Waals surface area contributed by atoms with Gasteiger partial charge in [0.2, 0.25) is 11.1 Å². The first-order valence-electron chi connectivity index (χ1n) is 6.78. The zero-order valence-electron chi connectivity index (χ0n) is 11.3. The van der Waals surface area contributed by atoms with E-state index in [2.05, 4.69) is 20.5 Å². The first kappa shape index (κ1) is 14.4. The Morgan fingerprint density at radius 3 is 2.86 bits per heavy atom. The first-order chi connectivity index (χ1) is 10.2. The maximum absolute atomic E-state index is 11.7. The molecule has 1 amide bonds. The Hall–Kier alpha value is -1.53. The fraction of sp³-hybridized carbons (Fsp3) is 0.357. The van der Waals surface area contributed by atoms with Crippen LogP contribution >= 0.6 is 23.4 Å². The number of amides is 1. The van der Waals surface area contributed by atoms with Crippen molar-refractivity contribution >= 4 is 29.3 Å². The third-order valence-electron chi connectivity index (χ3n) is 3.20. The van der Waals surface area contributed by atoms with Crippen LogP contribution in [0.4, 0.5) is 0 Å². The number of carbonyl (C=O) groups is 1. The van der Waals surface area contributed by atoms with Crippen molar-refractivity contribution in [3.63, 3.8) is 0 Å². The molecule has 0 saturated heterocycles. The second-order valence-corrected chi connectivity index (χ2v) is 6.39. The van der Waals surface area contributed by atoms with E-state index >= 15 is 0 Å². The summed E-state index contributed by atoms with van der Waals surface area (Å²) < 4.78 is 0. The van der Waals surface area contributed by atoms with Crippen LogP contribution < -0.4 is 5.32 Å². The largest absolute Gasteiger partial charge is 0.355 e. The molecular weight excluding hydrogens is 308 g/mol. The molecule has 2 aromatic rings. The van der Waals surface area contributed by atoms with Crippen LogP contribution in [0.3, 0.4) is 0 Å². The van der Waals surface area contributed by atoms with Gasteiger partial charge in [-0.1, -0.05) is 23.4 Å². The summed E-state index contributed by atoms with van der Waals surface area (Å²) in [5.41, 5.74) is 0.914. The number of aromatic amines is 1. The number of hydrogen-bond donors (Lipinski definition) is 2. The summed E-state index contributed by atoms with van der Waals surface area (Å²) in [5, 5.41) is 11.1. The van der Waals surface area contributed by atoms with E-state index in [1.807, 2.05) is 12.1 Å². The minimum absolute atomic E-state index is 0.0322. The Kier molecular flexibility index (Phi) is 4.45. The van der Waals surface area contributed by atoms with Crippen molar-refractivity contribution in [1.29, 1.82) is 0 Å². The Bertz CT molecular complexity index is 624. The lowest BCUT2D eigenvalue weighted by Gasteiger charge is -2.01. The van der Waals surface area contributed by atoms with Crippen molar-refractivity contribution < 1.29 is 4.79 Å². The SMILES string of the molecule is O=C(CSc1n[nH]c(-c2ccc(Cl)cc2)n1)NCC1CC1. The van der Waals surface area contributed by atoms with Crippen molar-refractivity contribution in [2.24, 2.45) is 5.92 Å². The summed E-state index contributed by atoms with van der Waals surface area (Å²) in [6, 6.07) is 7.36. The van der Waals surface area contributed by atoms with Crippen molar-refractivity contribution in [3.05, 3.63) is 29.3 Å². The highest BCUT2D eigenvalue weighted by Crippen LogP contribution is 2.27. The number of nitrogens with one attached hydrogen (secondary N) is 2. The maximum Gasteiger partial charge on any atom is 0.230 e. The molecule has 1 saturated carbocycles. The number of nitrogens with zero attached hydrogens (tertiary/aromatic N) is 2. The van der Waals surface area contributed by atoms with Gasteiger partial charge in [-0.25, -0.2) is 4.98 Å². The lowest BCUT2D eigenvalue weighted by atomic mass is 10.2. The number of benzene rings is 1. The van der Waals surface area contributed by atoms with E-state index in [-0.39, 0.29) is 5.91 Å². The summed E-state index contributed by atoms with van der Waals surface area (Å²) in [5.74, 6) is 1.74. The first-order valence-corrected chi connectivity index (χ1v) is 8.15. The van der Waals surface area contributed by atoms with Crippen molar-refractivity contribution in [2.75, 3.05) is 12.3 Å². The van der Waals surface area contributed by atoms with Gasteiger partial charge in [-0.05, 0) is 43.0 Å². The van der Waals surface area contributed by atoms with Gasteiger partial charge in [0, 0.05) is 17.1 Å². The molecule has 7 heteroatoms. The van der Waals surface area contributed by atoms with E-state index in [1.54, 1.807) is 12.1 Å². The molecule has 2 N–H and O–H groups in total. The molecule has 21 heavy (non-hydrogen) atoms. The van der Waals surface area contributed by atoms with Crippen LogP contribution in [0.1, 0.15) is 12.8 Å². The van der Waals surface area contributed by atoms with Crippen LogP contribution in [-0.4, -0.2) is 33.4 Å². The molecule has 0 spiro atoms. The van der Waals surface area contributed by atoms with E-state index in [1.165, 1.54) is 24.6 Å². The van der Waals surface area contributed by atoms with Crippen molar-refractivity contribution in [3.8, 4) is 11.4 Å². The molecule has 0 radical (unpaired) electrons. The summed E-state index contributed by atoms with van der Waals surface area (Å²) >= 11 is 7.18. The standard InChI is InChI=1S/C14H15ClN4OS/c15-11-5-3-10(4-6-11)13-17-14(19-18-13)21-8-12(20)16-7-9-1-2-9/h3-6,9H,1-2,7-8H2,(H,16,20)(H,17,18,19). The lowest BCUT2D eigenvalue weighted by Crippen LogP contribution is -2.27. The van der Waals surface area contributed by atoms with Gasteiger partial charge in [0.1, 0.15) is 0 Å². The molecule has 1 heterocycles. The summed E-state index contributed by atoms with van der Waals surface area (Å²) in [4.78, 5) is 16.0. The minimum atomic E-state index is 0.0322. The Labute approximate surface area is 131 Å². The smallest absolute Gasteiger partial charge is 0.230 e. The minimum Gasteiger partial charge on any atom is -0.355 e. The normalized spacial score (nSPS) is 14.1. The predicted molar refractivity (Wildman–Crippen MR) is 83.3 cm³/mol. The number of rotatable bonds is 6. The lowest BCUT2D eigenvalue weighted by molar-refractivity contribution is -0.118. The molecular formula is C14H15ClN4OS. The summed E-state index contributed by atoms with van der Waals surface area (Å²) in [6.07, 6.45) is 2.47. The predicted octanol–water partition coefficient (Wildman–Crippen LogP) is 2.74. The fourth-order valence-corrected chi connectivity index (χ4v) is 2.56. The molecule has 1 aliphatic carbocycles. The molecule has 1 aromatic heterocycles. The Morgan fingerprint density at radius 1 is 1.38 bits per heavy atom.